The van der Waals surface area contributed by atoms with Gasteiger partial charge in [-0.05, 0) is 38.0 Å². The number of likely N-dealkylation sites (tertiary alicyclic amines) is 1. The summed E-state index contributed by atoms with van der Waals surface area (Å²) >= 11 is 0. The Morgan fingerprint density at radius 3 is 2.44 bits per heavy atom. The number of hydrogen-bond acceptors (Lipinski definition) is 2. The van der Waals surface area contributed by atoms with Crippen LogP contribution in [0.25, 0.3) is 0 Å². The van der Waals surface area contributed by atoms with E-state index in [1.807, 2.05) is 4.90 Å². The van der Waals surface area contributed by atoms with Crippen LogP contribution in [0.1, 0.15) is 38.5 Å². The Morgan fingerprint density at radius 2 is 1.89 bits per heavy atom. The number of aliphatic carboxylic acids is 1. The van der Waals surface area contributed by atoms with Crippen LogP contribution in [0.2, 0.25) is 0 Å². The Kier molecular flexibility index (Phi) is 4.39. The van der Waals surface area contributed by atoms with Gasteiger partial charge in [-0.2, -0.15) is 0 Å². The van der Waals surface area contributed by atoms with E-state index in [4.69, 9.17) is 5.11 Å². The van der Waals surface area contributed by atoms with Crippen LogP contribution < -0.4 is 0 Å². The average molecular weight is 251 g/mol. The number of carbonyl (C=O) groups is 2. The molecule has 0 aromatic rings. The quantitative estimate of drug-likeness (QED) is 0.781. The van der Waals surface area contributed by atoms with Gasteiger partial charge in [-0.15, -0.1) is 0 Å². The third-order valence-corrected chi connectivity index (χ3v) is 4.04. The normalized spacial score (nSPS) is 25.1. The molecule has 1 atom stereocenters. The van der Waals surface area contributed by atoms with E-state index in [1.54, 1.807) is 0 Å². The van der Waals surface area contributed by atoms with E-state index in [9.17, 15) is 9.59 Å². The van der Waals surface area contributed by atoms with E-state index in [1.165, 1.54) is 0 Å². The van der Waals surface area contributed by atoms with Crippen molar-refractivity contribution in [1.29, 1.82) is 0 Å². The van der Waals surface area contributed by atoms with E-state index < -0.39 is 5.97 Å². The number of allylic oxidation sites excluding steroid dienone is 2. The first-order valence-corrected chi connectivity index (χ1v) is 6.82. The fourth-order valence-electron chi connectivity index (χ4n) is 2.79. The molecule has 0 saturated carbocycles. The van der Waals surface area contributed by atoms with Gasteiger partial charge in [-0.25, -0.2) is 0 Å². The fraction of sp³-hybridized carbons (Fsp3) is 0.714. The van der Waals surface area contributed by atoms with Crippen LogP contribution in [-0.2, 0) is 9.59 Å². The van der Waals surface area contributed by atoms with Crippen molar-refractivity contribution >= 4 is 11.9 Å². The van der Waals surface area contributed by atoms with Gasteiger partial charge in [0.1, 0.15) is 0 Å². The minimum absolute atomic E-state index is 0.208. The van der Waals surface area contributed by atoms with Gasteiger partial charge in [-0.3, -0.25) is 9.59 Å². The average Bonchev–Trinajstić information content (AvgIpc) is 2.40. The molecule has 0 bridgehead atoms. The summed E-state index contributed by atoms with van der Waals surface area (Å²) in [6, 6.07) is 0. The molecule has 0 aromatic heterocycles. The van der Waals surface area contributed by atoms with Crippen LogP contribution in [0.15, 0.2) is 12.2 Å². The lowest BCUT2D eigenvalue weighted by Crippen LogP contribution is -2.40. The zero-order chi connectivity index (χ0) is 13.0. The Bertz CT molecular complexity index is 343. The second-order valence-corrected chi connectivity index (χ2v) is 5.35. The highest BCUT2D eigenvalue weighted by Gasteiger charge is 2.27. The summed E-state index contributed by atoms with van der Waals surface area (Å²) in [6.07, 6.45) is 9.38. The van der Waals surface area contributed by atoms with Gasteiger partial charge < -0.3 is 10.0 Å². The fourth-order valence-corrected chi connectivity index (χ4v) is 2.79. The monoisotopic (exact) mass is 251 g/mol. The number of carboxylic acids is 1. The highest BCUT2D eigenvalue weighted by Crippen LogP contribution is 2.24. The summed E-state index contributed by atoms with van der Waals surface area (Å²) in [4.78, 5) is 24.8. The third kappa shape index (κ3) is 3.34. The van der Waals surface area contributed by atoms with E-state index in [0.29, 0.717) is 38.3 Å². The lowest BCUT2D eigenvalue weighted by Gasteiger charge is -2.31. The highest BCUT2D eigenvalue weighted by atomic mass is 16.4. The molecule has 2 aliphatic rings. The molecule has 100 valence electrons. The molecule has 1 unspecified atom stereocenters. The Morgan fingerprint density at radius 1 is 1.17 bits per heavy atom. The zero-order valence-electron chi connectivity index (χ0n) is 10.7. The molecule has 2 rings (SSSR count). The van der Waals surface area contributed by atoms with Crippen molar-refractivity contribution in [3.05, 3.63) is 12.2 Å². The van der Waals surface area contributed by atoms with Crippen LogP contribution in [0.5, 0.6) is 0 Å². The summed E-state index contributed by atoms with van der Waals surface area (Å²) in [5, 5.41) is 8.91. The summed E-state index contributed by atoms with van der Waals surface area (Å²) in [5.41, 5.74) is 0. The van der Waals surface area contributed by atoms with Gasteiger partial charge in [-0.1, -0.05) is 12.2 Å². The highest BCUT2D eigenvalue weighted by molar-refractivity contribution is 5.77. The summed E-state index contributed by atoms with van der Waals surface area (Å²) < 4.78 is 0. The zero-order valence-corrected chi connectivity index (χ0v) is 10.7. The molecule has 18 heavy (non-hydrogen) atoms. The summed E-state index contributed by atoms with van der Waals surface area (Å²) in [5.74, 6) is -0.287. The van der Waals surface area contributed by atoms with E-state index in [-0.39, 0.29) is 11.8 Å². The van der Waals surface area contributed by atoms with Gasteiger partial charge in [0.25, 0.3) is 0 Å². The van der Waals surface area contributed by atoms with Crippen molar-refractivity contribution in [3.8, 4) is 0 Å². The molecule has 1 saturated heterocycles. The van der Waals surface area contributed by atoms with Crippen molar-refractivity contribution in [2.24, 2.45) is 11.8 Å². The molecule has 0 radical (unpaired) electrons. The van der Waals surface area contributed by atoms with Crippen LogP contribution in [0.4, 0.5) is 0 Å². The molecule has 1 amide bonds. The van der Waals surface area contributed by atoms with E-state index in [0.717, 1.165) is 19.3 Å². The van der Waals surface area contributed by atoms with Crippen LogP contribution in [0.3, 0.4) is 0 Å². The van der Waals surface area contributed by atoms with E-state index in [2.05, 4.69) is 12.2 Å². The van der Waals surface area contributed by atoms with Crippen molar-refractivity contribution in [1.82, 2.24) is 4.90 Å². The lowest BCUT2D eigenvalue weighted by atomic mass is 9.90. The summed E-state index contributed by atoms with van der Waals surface area (Å²) in [7, 11) is 0. The second-order valence-electron chi connectivity index (χ2n) is 5.35. The van der Waals surface area contributed by atoms with Gasteiger partial charge in [0, 0.05) is 19.5 Å². The number of carboxylic acid groups (broad SMARTS) is 1. The SMILES string of the molecule is O=C(O)C1CCN(C(=O)CC2CC=CCC2)CC1. The van der Waals surface area contributed by atoms with Gasteiger partial charge in [0.05, 0.1) is 5.92 Å². The number of amides is 1. The minimum Gasteiger partial charge on any atom is -0.481 e. The molecule has 1 heterocycles. The van der Waals surface area contributed by atoms with Gasteiger partial charge in [0.15, 0.2) is 0 Å². The van der Waals surface area contributed by atoms with Gasteiger partial charge in [0.2, 0.25) is 5.91 Å². The number of rotatable bonds is 3. The number of hydrogen-bond donors (Lipinski definition) is 1. The molecule has 1 aliphatic carbocycles. The largest absolute Gasteiger partial charge is 0.481 e. The van der Waals surface area contributed by atoms with Crippen molar-refractivity contribution in [2.45, 2.75) is 38.5 Å². The van der Waals surface area contributed by atoms with Crippen LogP contribution in [0, 0.1) is 11.8 Å². The predicted molar refractivity (Wildman–Crippen MR) is 68.0 cm³/mol. The van der Waals surface area contributed by atoms with Crippen molar-refractivity contribution < 1.29 is 14.7 Å². The topological polar surface area (TPSA) is 57.6 Å². The first-order valence-electron chi connectivity index (χ1n) is 6.82. The molecule has 1 N–H and O–H groups in total. The maximum Gasteiger partial charge on any atom is 0.306 e. The Balaban J connectivity index is 1.77. The molecule has 1 fully saturated rings. The molecular formula is C14H21NO3. The Hall–Kier alpha value is -1.32. The van der Waals surface area contributed by atoms with Crippen molar-refractivity contribution in [3.63, 3.8) is 0 Å². The van der Waals surface area contributed by atoms with Crippen LogP contribution >= 0.6 is 0 Å². The third-order valence-electron chi connectivity index (χ3n) is 4.04. The molecule has 4 nitrogen and oxygen atoms in total. The maximum atomic E-state index is 12.1. The molecule has 0 spiro atoms. The Labute approximate surface area is 108 Å². The molecule has 0 aromatic carbocycles. The van der Waals surface area contributed by atoms with Gasteiger partial charge >= 0.3 is 5.97 Å². The molecule has 1 aliphatic heterocycles. The molecule has 4 heteroatoms. The first-order chi connectivity index (χ1) is 8.66. The van der Waals surface area contributed by atoms with Crippen molar-refractivity contribution in [2.75, 3.05) is 13.1 Å². The first kappa shape index (κ1) is 13.1. The minimum atomic E-state index is -0.723. The lowest BCUT2D eigenvalue weighted by molar-refractivity contribution is -0.145. The summed E-state index contributed by atoms with van der Waals surface area (Å²) in [6.45, 7) is 1.22. The molecular weight excluding hydrogens is 230 g/mol. The smallest absolute Gasteiger partial charge is 0.306 e. The number of piperidine rings is 1. The predicted octanol–water partition coefficient (Wildman–Crippen LogP) is 2.06. The van der Waals surface area contributed by atoms with Crippen LogP contribution in [-0.4, -0.2) is 35.0 Å². The standard InChI is InChI=1S/C14H21NO3/c16-13(10-11-4-2-1-3-5-11)15-8-6-12(7-9-15)14(17)18/h1-2,11-12H,3-10H2,(H,17,18). The van der Waals surface area contributed by atoms with E-state index >= 15 is 0 Å². The number of carbonyl (C=O) groups excluding carboxylic acids is 1. The number of nitrogens with zero attached hydrogens (tertiary/aromatic N) is 1. The second kappa shape index (κ2) is 6.03. The maximum absolute atomic E-state index is 12.1.